The number of carbonyl (C=O) groups excluding carboxylic acids is 2. The number of hydrogen-bond acceptors (Lipinski definition) is 3. The zero-order valence-corrected chi connectivity index (χ0v) is 17.4. The molecule has 3 aromatic rings. The number of nitrogens with zero attached hydrogens (tertiary/aromatic N) is 1. The molecule has 0 saturated carbocycles. The summed E-state index contributed by atoms with van der Waals surface area (Å²) in [6.07, 6.45) is 1.02. The Morgan fingerprint density at radius 3 is 2.03 bits per heavy atom. The number of alkyl carbamates (subject to hydrolysis) is 1. The number of likely N-dealkylation sites (tertiary alicyclic amines) is 1. The molecular weight excluding hydrogens is 388 g/mol. The molecule has 158 valence electrons. The summed E-state index contributed by atoms with van der Waals surface area (Å²) in [5.74, 6) is 0.0321. The van der Waals surface area contributed by atoms with E-state index in [1.165, 1.54) is 0 Å². The van der Waals surface area contributed by atoms with Crippen LogP contribution in [-0.2, 0) is 11.3 Å². The molecule has 0 unspecified atom stereocenters. The first-order valence-electron chi connectivity index (χ1n) is 10.6. The van der Waals surface area contributed by atoms with E-state index < -0.39 is 6.09 Å². The van der Waals surface area contributed by atoms with E-state index in [9.17, 15) is 9.59 Å². The van der Waals surface area contributed by atoms with Crippen molar-refractivity contribution in [1.82, 2.24) is 10.2 Å². The van der Waals surface area contributed by atoms with Gasteiger partial charge in [0.25, 0.3) is 5.91 Å². The highest BCUT2D eigenvalue weighted by Gasteiger charge is 2.25. The quantitative estimate of drug-likeness (QED) is 0.647. The van der Waals surface area contributed by atoms with Crippen LogP contribution in [0.3, 0.4) is 0 Å². The minimum atomic E-state index is -0.412. The van der Waals surface area contributed by atoms with Gasteiger partial charge in [-0.05, 0) is 41.7 Å². The second kappa shape index (κ2) is 9.94. The molecule has 1 fully saturated rings. The Balaban J connectivity index is 1.24. The van der Waals surface area contributed by atoms with Crippen LogP contribution in [0.5, 0.6) is 0 Å². The Hall–Kier alpha value is -3.60. The fourth-order valence-electron chi connectivity index (χ4n) is 3.78. The van der Waals surface area contributed by atoms with E-state index >= 15 is 0 Å². The standard InChI is InChI=1S/C26H26N2O3/c29-25(23-13-11-22(12-14-23)21-9-5-2-6-10-21)28-17-15-24(16-18-28)27-26(30)31-19-20-7-3-1-4-8-20/h1-14,24H,15-19H2,(H,27,30). The van der Waals surface area contributed by atoms with Gasteiger partial charge in [0.1, 0.15) is 6.61 Å². The maximum atomic E-state index is 12.8. The number of ether oxygens (including phenoxy) is 1. The van der Waals surface area contributed by atoms with Crippen LogP contribution in [0, 0.1) is 0 Å². The second-order valence-electron chi connectivity index (χ2n) is 7.72. The van der Waals surface area contributed by atoms with Crippen LogP contribution in [0.4, 0.5) is 4.79 Å². The van der Waals surface area contributed by atoms with Crippen molar-refractivity contribution in [3.05, 3.63) is 96.1 Å². The lowest BCUT2D eigenvalue weighted by Crippen LogP contribution is -2.46. The maximum absolute atomic E-state index is 12.8. The zero-order valence-electron chi connectivity index (χ0n) is 17.4. The molecule has 4 rings (SSSR count). The average molecular weight is 415 g/mol. The van der Waals surface area contributed by atoms with Crippen molar-refractivity contribution in [3.8, 4) is 11.1 Å². The van der Waals surface area contributed by atoms with E-state index in [-0.39, 0.29) is 18.6 Å². The van der Waals surface area contributed by atoms with Crippen molar-refractivity contribution in [2.24, 2.45) is 0 Å². The Morgan fingerprint density at radius 1 is 0.806 bits per heavy atom. The van der Waals surface area contributed by atoms with E-state index in [1.807, 2.05) is 77.7 Å². The molecule has 1 N–H and O–H groups in total. The Bertz CT molecular complexity index is 996. The van der Waals surface area contributed by atoms with Crippen LogP contribution >= 0.6 is 0 Å². The third-order valence-electron chi connectivity index (χ3n) is 5.56. The van der Waals surface area contributed by atoms with E-state index in [0.29, 0.717) is 31.5 Å². The number of amides is 2. The van der Waals surface area contributed by atoms with Gasteiger partial charge in [-0.25, -0.2) is 4.79 Å². The average Bonchev–Trinajstić information content (AvgIpc) is 2.84. The van der Waals surface area contributed by atoms with E-state index in [1.54, 1.807) is 0 Å². The first kappa shape index (κ1) is 20.7. The summed E-state index contributed by atoms with van der Waals surface area (Å²) in [7, 11) is 0. The molecule has 3 aromatic carbocycles. The normalized spacial score (nSPS) is 14.1. The molecule has 1 aliphatic heterocycles. The number of hydrogen-bond donors (Lipinski definition) is 1. The molecule has 1 heterocycles. The predicted octanol–water partition coefficient (Wildman–Crippen LogP) is 4.88. The van der Waals surface area contributed by atoms with Gasteiger partial charge in [-0.2, -0.15) is 0 Å². The van der Waals surface area contributed by atoms with Crippen LogP contribution < -0.4 is 5.32 Å². The van der Waals surface area contributed by atoms with Crippen LogP contribution in [0.25, 0.3) is 11.1 Å². The van der Waals surface area contributed by atoms with Crippen LogP contribution in [0.15, 0.2) is 84.9 Å². The van der Waals surface area contributed by atoms with Crippen molar-refractivity contribution >= 4 is 12.0 Å². The van der Waals surface area contributed by atoms with Crippen molar-refractivity contribution in [1.29, 1.82) is 0 Å². The summed E-state index contributed by atoms with van der Waals surface area (Å²) in [5, 5.41) is 2.91. The monoisotopic (exact) mass is 414 g/mol. The Morgan fingerprint density at radius 2 is 1.39 bits per heavy atom. The summed E-state index contributed by atoms with van der Waals surface area (Å²) >= 11 is 0. The van der Waals surface area contributed by atoms with Gasteiger partial charge in [0, 0.05) is 24.7 Å². The molecule has 0 spiro atoms. The van der Waals surface area contributed by atoms with Gasteiger partial charge in [-0.1, -0.05) is 72.8 Å². The third kappa shape index (κ3) is 5.51. The van der Waals surface area contributed by atoms with Gasteiger partial charge in [0.2, 0.25) is 0 Å². The summed E-state index contributed by atoms with van der Waals surface area (Å²) in [4.78, 5) is 26.8. The van der Waals surface area contributed by atoms with Crippen molar-refractivity contribution in [3.63, 3.8) is 0 Å². The lowest BCUT2D eigenvalue weighted by atomic mass is 10.0. The first-order valence-corrected chi connectivity index (χ1v) is 10.6. The third-order valence-corrected chi connectivity index (χ3v) is 5.56. The summed E-state index contributed by atoms with van der Waals surface area (Å²) < 4.78 is 5.29. The van der Waals surface area contributed by atoms with Crippen LogP contribution in [-0.4, -0.2) is 36.0 Å². The molecule has 1 aliphatic rings. The number of carbonyl (C=O) groups is 2. The zero-order chi connectivity index (χ0) is 21.5. The molecule has 0 aromatic heterocycles. The van der Waals surface area contributed by atoms with Crippen molar-refractivity contribution in [2.45, 2.75) is 25.5 Å². The second-order valence-corrected chi connectivity index (χ2v) is 7.72. The molecule has 2 amide bonds. The molecule has 0 bridgehead atoms. The molecule has 5 nitrogen and oxygen atoms in total. The van der Waals surface area contributed by atoms with Gasteiger partial charge in [0.05, 0.1) is 0 Å². The van der Waals surface area contributed by atoms with Crippen LogP contribution in [0.2, 0.25) is 0 Å². The first-order chi connectivity index (χ1) is 15.2. The highest BCUT2D eigenvalue weighted by atomic mass is 16.5. The molecule has 0 aliphatic carbocycles. The number of nitrogens with one attached hydrogen (secondary N) is 1. The lowest BCUT2D eigenvalue weighted by Gasteiger charge is -2.32. The summed E-state index contributed by atoms with van der Waals surface area (Å²) in [6.45, 7) is 1.48. The van der Waals surface area contributed by atoms with Crippen molar-refractivity contribution in [2.75, 3.05) is 13.1 Å². The minimum Gasteiger partial charge on any atom is -0.445 e. The van der Waals surface area contributed by atoms with E-state index in [2.05, 4.69) is 17.4 Å². The molecular formula is C26H26N2O3. The topological polar surface area (TPSA) is 58.6 Å². The maximum Gasteiger partial charge on any atom is 0.407 e. The highest BCUT2D eigenvalue weighted by molar-refractivity contribution is 5.94. The molecule has 1 saturated heterocycles. The smallest absolute Gasteiger partial charge is 0.407 e. The number of rotatable bonds is 5. The van der Waals surface area contributed by atoms with Gasteiger partial charge < -0.3 is 15.0 Å². The molecule has 0 atom stereocenters. The fourth-order valence-corrected chi connectivity index (χ4v) is 3.78. The summed E-state index contributed by atoms with van der Waals surface area (Å²) in [5.41, 5.74) is 3.87. The lowest BCUT2D eigenvalue weighted by molar-refractivity contribution is 0.0701. The Labute approximate surface area is 182 Å². The Kier molecular flexibility index (Phi) is 6.62. The van der Waals surface area contributed by atoms with E-state index in [4.69, 9.17) is 4.74 Å². The van der Waals surface area contributed by atoms with Crippen molar-refractivity contribution < 1.29 is 14.3 Å². The van der Waals surface area contributed by atoms with E-state index in [0.717, 1.165) is 16.7 Å². The number of piperidine rings is 1. The van der Waals surface area contributed by atoms with Crippen LogP contribution in [0.1, 0.15) is 28.8 Å². The predicted molar refractivity (Wildman–Crippen MR) is 121 cm³/mol. The number of benzene rings is 3. The van der Waals surface area contributed by atoms with Gasteiger partial charge >= 0.3 is 6.09 Å². The SMILES string of the molecule is O=C(NC1CCN(C(=O)c2ccc(-c3ccccc3)cc2)CC1)OCc1ccccc1. The molecule has 31 heavy (non-hydrogen) atoms. The fraction of sp³-hybridized carbons (Fsp3) is 0.231. The van der Waals surface area contributed by atoms with Gasteiger partial charge in [-0.3, -0.25) is 4.79 Å². The summed E-state index contributed by atoms with van der Waals surface area (Å²) in [6, 6.07) is 27.5. The molecule has 0 radical (unpaired) electrons. The minimum absolute atomic E-state index is 0.0211. The van der Waals surface area contributed by atoms with Gasteiger partial charge in [0.15, 0.2) is 0 Å². The largest absolute Gasteiger partial charge is 0.445 e. The van der Waals surface area contributed by atoms with Gasteiger partial charge in [-0.15, -0.1) is 0 Å². The highest BCUT2D eigenvalue weighted by Crippen LogP contribution is 2.21. The molecule has 5 heteroatoms.